The average molecular weight is 359 g/mol. The van der Waals surface area contributed by atoms with E-state index in [1.54, 1.807) is 20.5 Å². The van der Waals surface area contributed by atoms with Gasteiger partial charge in [-0.05, 0) is 30.7 Å². The zero-order valence-corrected chi connectivity index (χ0v) is 15.9. The quantitative estimate of drug-likeness (QED) is 0.387. The summed E-state index contributed by atoms with van der Waals surface area (Å²) in [4.78, 5) is 4.69. The first-order valence-corrected chi connectivity index (χ1v) is 9.02. The number of hydrogen-bond donors (Lipinski definition) is 2. The van der Waals surface area contributed by atoms with E-state index in [0.29, 0.717) is 6.54 Å². The molecule has 0 aliphatic heterocycles. The second kappa shape index (κ2) is 11.1. The summed E-state index contributed by atoms with van der Waals surface area (Å²) in [7, 11) is 3.30. The fourth-order valence-electron chi connectivity index (χ4n) is 2.46. The molecule has 1 heterocycles. The van der Waals surface area contributed by atoms with Crippen LogP contribution in [-0.2, 0) is 13.0 Å². The Labute approximate surface area is 155 Å². The maximum absolute atomic E-state index is 5.45. The molecule has 0 radical (unpaired) electrons. The molecular weight excluding hydrogens is 330 g/mol. The molecule has 1 aromatic carbocycles. The number of ether oxygens (including phenoxy) is 2. The number of unbranched alkanes of at least 4 members (excludes halogenated alkanes) is 1. The van der Waals surface area contributed by atoms with Gasteiger partial charge >= 0.3 is 0 Å². The lowest BCUT2D eigenvalue weighted by Gasteiger charge is -2.13. The average Bonchev–Trinajstić information content (AvgIpc) is 3.19. The largest absolute Gasteiger partial charge is 0.497 e. The first-order valence-electron chi connectivity index (χ1n) is 9.02. The highest BCUT2D eigenvalue weighted by Gasteiger charge is 2.06. The van der Waals surface area contributed by atoms with E-state index >= 15 is 0 Å². The van der Waals surface area contributed by atoms with E-state index in [9.17, 15) is 0 Å². The van der Waals surface area contributed by atoms with Gasteiger partial charge in [0.05, 0.1) is 27.0 Å². The van der Waals surface area contributed by atoms with Crippen molar-refractivity contribution in [3.8, 4) is 11.5 Å². The van der Waals surface area contributed by atoms with Crippen molar-refractivity contribution >= 4 is 5.96 Å². The van der Waals surface area contributed by atoms with Crippen LogP contribution >= 0.6 is 0 Å². The monoisotopic (exact) mass is 359 g/mol. The minimum absolute atomic E-state index is 0.523. The number of hydrogen-bond acceptors (Lipinski definition) is 4. The van der Waals surface area contributed by atoms with E-state index < -0.39 is 0 Å². The summed E-state index contributed by atoms with van der Waals surface area (Å²) < 4.78 is 16.1. The van der Waals surface area contributed by atoms with Crippen LogP contribution in [0.1, 0.15) is 31.1 Å². The second-order valence-corrected chi connectivity index (χ2v) is 5.88. The standard InChI is InChI=1S/C20H29N3O3/c1-4-5-11-21-20(22-12-10-17-7-6-13-26-17)23-15-16-8-9-18(24-2)14-19(16)25-3/h6-9,13-14H,4-5,10-12,15H2,1-3H3,(H2,21,22,23). The SMILES string of the molecule is CCCCNC(=NCc1ccc(OC)cc1OC)NCCc1ccco1. The Bertz CT molecular complexity index is 669. The van der Waals surface area contributed by atoms with Gasteiger partial charge < -0.3 is 24.5 Å². The number of rotatable bonds is 10. The van der Waals surface area contributed by atoms with Crippen LogP contribution in [0.2, 0.25) is 0 Å². The Morgan fingerprint density at radius 1 is 1.12 bits per heavy atom. The minimum Gasteiger partial charge on any atom is -0.497 e. The number of aliphatic imine (C=N–C) groups is 1. The molecule has 0 amide bonds. The molecule has 0 saturated carbocycles. The second-order valence-electron chi connectivity index (χ2n) is 5.88. The highest BCUT2D eigenvalue weighted by molar-refractivity contribution is 5.79. The van der Waals surface area contributed by atoms with Crippen LogP contribution in [0.3, 0.4) is 0 Å². The van der Waals surface area contributed by atoms with Crippen molar-refractivity contribution in [2.24, 2.45) is 4.99 Å². The first-order chi connectivity index (χ1) is 12.8. The van der Waals surface area contributed by atoms with Crippen molar-refractivity contribution in [2.45, 2.75) is 32.7 Å². The molecule has 142 valence electrons. The highest BCUT2D eigenvalue weighted by atomic mass is 16.5. The van der Waals surface area contributed by atoms with Crippen molar-refractivity contribution < 1.29 is 13.9 Å². The van der Waals surface area contributed by atoms with Crippen LogP contribution in [0.25, 0.3) is 0 Å². The molecule has 2 aromatic rings. The third-order valence-corrected chi connectivity index (χ3v) is 3.97. The summed E-state index contributed by atoms with van der Waals surface area (Å²) >= 11 is 0. The molecule has 2 rings (SSSR count). The van der Waals surface area contributed by atoms with Gasteiger partial charge in [-0.15, -0.1) is 0 Å². The van der Waals surface area contributed by atoms with E-state index in [1.807, 2.05) is 30.3 Å². The fraction of sp³-hybridized carbons (Fsp3) is 0.450. The molecule has 2 N–H and O–H groups in total. The van der Waals surface area contributed by atoms with Gasteiger partial charge in [-0.1, -0.05) is 13.3 Å². The molecule has 0 saturated heterocycles. The van der Waals surface area contributed by atoms with E-state index in [1.165, 1.54) is 0 Å². The summed E-state index contributed by atoms with van der Waals surface area (Å²) in [5.41, 5.74) is 1.01. The third kappa shape index (κ3) is 6.35. The van der Waals surface area contributed by atoms with Gasteiger partial charge in [0, 0.05) is 31.1 Å². The molecule has 6 nitrogen and oxygen atoms in total. The summed E-state index contributed by atoms with van der Waals surface area (Å²) in [6, 6.07) is 9.65. The van der Waals surface area contributed by atoms with Crippen LogP contribution in [-0.4, -0.2) is 33.3 Å². The zero-order valence-electron chi connectivity index (χ0n) is 15.9. The number of methoxy groups -OCH3 is 2. The summed E-state index contributed by atoms with van der Waals surface area (Å²) in [6.45, 7) is 4.34. The lowest BCUT2D eigenvalue weighted by Crippen LogP contribution is -2.38. The van der Waals surface area contributed by atoms with E-state index in [0.717, 1.165) is 61.1 Å². The lowest BCUT2D eigenvalue weighted by molar-refractivity contribution is 0.391. The van der Waals surface area contributed by atoms with Crippen LogP contribution in [0, 0.1) is 0 Å². The molecule has 0 bridgehead atoms. The van der Waals surface area contributed by atoms with Crippen LogP contribution in [0.15, 0.2) is 46.0 Å². The predicted molar refractivity (Wildman–Crippen MR) is 104 cm³/mol. The summed E-state index contributed by atoms with van der Waals surface area (Å²) in [5.74, 6) is 3.30. The Balaban J connectivity index is 1.98. The van der Waals surface area contributed by atoms with Crippen LogP contribution in [0.4, 0.5) is 0 Å². The fourth-order valence-corrected chi connectivity index (χ4v) is 2.46. The molecule has 1 aromatic heterocycles. The molecule has 0 atom stereocenters. The van der Waals surface area contributed by atoms with Gasteiger partial charge in [0.25, 0.3) is 0 Å². The Morgan fingerprint density at radius 3 is 2.65 bits per heavy atom. The normalized spacial score (nSPS) is 11.3. The summed E-state index contributed by atoms with van der Waals surface area (Å²) in [5, 5.41) is 6.73. The van der Waals surface area contributed by atoms with Crippen molar-refractivity contribution in [3.63, 3.8) is 0 Å². The molecular formula is C20H29N3O3. The van der Waals surface area contributed by atoms with Crippen LogP contribution in [0.5, 0.6) is 11.5 Å². The number of nitrogens with one attached hydrogen (secondary N) is 2. The van der Waals surface area contributed by atoms with Gasteiger partial charge in [0.15, 0.2) is 5.96 Å². The van der Waals surface area contributed by atoms with Crippen molar-refractivity contribution in [2.75, 3.05) is 27.3 Å². The third-order valence-electron chi connectivity index (χ3n) is 3.97. The van der Waals surface area contributed by atoms with Crippen molar-refractivity contribution in [3.05, 3.63) is 47.9 Å². The van der Waals surface area contributed by atoms with E-state index in [4.69, 9.17) is 18.9 Å². The molecule has 0 aliphatic rings. The van der Waals surface area contributed by atoms with Gasteiger partial charge in [-0.2, -0.15) is 0 Å². The Morgan fingerprint density at radius 2 is 1.96 bits per heavy atom. The topological polar surface area (TPSA) is 68.0 Å². The maximum atomic E-state index is 5.45. The lowest BCUT2D eigenvalue weighted by atomic mass is 10.2. The maximum Gasteiger partial charge on any atom is 0.191 e. The van der Waals surface area contributed by atoms with E-state index in [-0.39, 0.29) is 0 Å². The minimum atomic E-state index is 0.523. The predicted octanol–water partition coefficient (Wildman–Crippen LogP) is 3.37. The van der Waals surface area contributed by atoms with Crippen molar-refractivity contribution in [1.29, 1.82) is 0 Å². The molecule has 0 aliphatic carbocycles. The summed E-state index contributed by atoms with van der Waals surface area (Å²) in [6.07, 6.45) is 4.75. The molecule has 0 fully saturated rings. The molecule has 26 heavy (non-hydrogen) atoms. The van der Waals surface area contributed by atoms with Gasteiger partial charge in [0.1, 0.15) is 17.3 Å². The van der Waals surface area contributed by atoms with Gasteiger partial charge in [-0.25, -0.2) is 4.99 Å². The zero-order chi connectivity index (χ0) is 18.6. The number of benzene rings is 1. The number of guanidine groups is 1. The highest BCUT2D eigenvalue weighted by Crippen LogP contribution is 2.25. The number of nitrogens with zero attached hydrogens (tertiary/aromatic N) is 1. The van der Waals surface area contributed by atoms with E-state index in [2.05, 4.69) is 17.6 Å². The first kappa shape index (κ1) is 19.7. The van der Waals surface area contributed by atoms with Gasteiger partial charge in [0.2, 0.25) is 0 Å². The Hall–Kier alpha value is -2.63. The molecule has 0 unspecified atom stereocenters. The van der Waals surface area contributed by atoms with Crippen LogP contribution < -0.4 is 20.1 Å². The molecule has 0 spiro atoms. The smallest absolute Gasteiger partial charge is 0.191 e. The van der Waals surface area contributed by atoms with Crippen molar-refractivity contribution in [1.82, 2.24) is 10.6 Å². The van der Waals surface area contributed by atoms with Gasteiger partial charge in [-0.3, -0.25) is 0 Å². The molecule has 6 heteroatoms. The Kier molecular flexibility index (Phi) is 8.39. The number of furan rings is 1.